The molecule has 0 heterocycles. The van der Waals surface area contributed by atoms with Crippen LogP contribution in [-0.4, -0.2) is 37.2 Å². The van der Waals surface area contributed by atoms with Crippen LogP contribution >= 0.6 is 0 Å². The van der Waals surface area contributed by atoms with Crippen molar-refractivity contribution in [3.05, 3.63) is 59.7 Å². The number of hydrogen-bond acceptors (Lipinski definition) is 3. The number of amides is 1. The number of carboxylic acid groups (broad SMARTS) is 1. The summed E-state index contributed by atoms with van der Waals surface area (Å²) in [6, 6.07) is 13.7. The van der Waals surface area contributed by atoms with Crippen molar-refractivity contribution < 1.29 is 19.4 Å². The molecule has 0 aliphatic carbocycles. The predicted octanol–water partition coefficient (Wildman–Crippen LogP) is 3.21. The van der Waals surface area contributed by atoms with E-state index in [9.17, 15) is 14.7 Å². The van der Waals surface area contributed by atoms with Crippen molar-refractivity contribution in [2.45, 2.75) is 12.8 Å². The Morgan fingerprint density at radius 3 is 2.17 bits per heavy atom. The maximum Gasteiger partial charge on any atom is 0.336 e. The second-order valence-electron chi connectivity index (χ2n) is 5.35. The van der Waals surface area contributed by atoms with Gasteiger partial charge in [-0.3, -0.25) is 4.79 Å². The second-order valence-corrected chi connectivity index (χ2v) is 5.35. The van der Waals surface area contributed by atoms with Gasteiger partial charge in [0.05, 0.1) is 5.56 Å². The molecular formula is C19H21NO4. The molecule has 2 aromatic carbocycles. The molecule has 0 saturated carbocycles. The molecule has 0 aliphatic rings. The van der Waals surface area contributed by atoms with Crippen LogP contribution in [0.25, 0.3) is 11.1 Å². The van der Waals surface area contributed by atoms with Gasteiger partial charge in [0.25, 0.3) is 5.91 Å². The number of benzene rings is 2. The van der Waals surface area contributed by atoms with Gasteiger partial charge in [-0.15, -0.1) is 0 Å². The van der Waals surface area contributed by atoms with E-state index < -0.39 is 5.97 Å². The van der Waals surface area contributed by atoms with Gasteiger partial charge in [0.15, 0.2) is 0 Å². The van der Waals surface area contributed by atoms with Gasteiger partial charge in [0.1, 0.15) is 0 Å². The Balaban J connectivity index is 2.22. The minimum absolute atomic E-state index is 0.179. The molecule has 0 aromatic heterocycles. The summed E-state index contributed by atoms with van der Waals surface area (Å²) in [5, 5.41) is 12.2. The lowest BCUT2D eigenvalue weighted by Gasteiger charge is -2.12. The zero-order valence-electron chi connectivity index (χ0n) is 13.6. The van der Waals surface area contributed by atoms with E-state index in [0.717, 1.165) is 12.8 Å². The Bertz CT molecular complexity index is 712. The van der Waals surface area contributed by atoms with E-state index in [1.54, 1.807) is 49.6 Å². The second kappa shape index (κ2) is 8.84. The van der Waals surface area contributed by atoms with E-state index in [2.05, 4.69) is 5.32 Å². The lowest BCUT2D eigenvalue weighted by Crippen LogP contribution is -2.25. The van der Waals surface area contributed by atoms with Crippen LogP contribution in [0.1, 0.15) is 33.6 Å². The van der Waals surface area contributed by atoms with Crippen LogP contribution < -0.4 is 5.32 Å². The predicted molar refractivity (Wildman–Crippen MR) is 92.3 cm³/mol. The molecule has 0 aliphatic heterocycles. The highest BCUT2D eigenvalue weighted by molar-refractivity contribution is 6.04. The maximum absolute atomic E-state index is 12.5. The Kier molecular flexibility index (Phi) is 6.51. The lowest BCUT2D eigenvalue weighted by molar-refractivity contribution is 0.0697. The van der Waals surface area contributed by atoms with Gasteiger partial charge in [0.2, 0.25) is 0 Å². The minimum atomic E-state index is -1.01. The highest BCUT2D eigenvalue weighted by Gasteiger charge is 2.17. The van der Waals surface area contributed by atoms with E-state index in [-0.39, 0.29) is 11.5 Å². The number of nitrogens with one attached hydrogen (secondary N) is 1. The van der Waals surface area contributed by atoms with Crippen LogP contribution in [0.5, 0.6) is 0 Å². The topological polar surface area (TPSA) is 75.6 Å². The summed E-state index contributed by atoms with van der Waals surface area (Å²) in [6.07, 6.45) is 1.70. The largest absolute Gasteiger partial charge is 0.478 e. The van der Waals surface area contributed by atoms with E-state index in [4.69, 9.17) is 4.74 Å². The van der Waals surface area contributed by atoms with Gasteiger partial charge in [-0.1, -0.05) is 36.4 Å². The van der Waals surface area contributed by atoms with E-state index in [0.29, 0.717) is 29.8 Å². The first-order valence-corrected chi connectivity index (χ1v) is 7.84. The SMILES string of the molecule is COCCCCNC(=O)c1ccccc1-c1ccccc1C(=O)O. The number of aromatic carboxylic acids is 1. The third-order valence-corrected chi connectivity index (χ3v) is 3.68. The summed E-state index contributed by atoms with van der Waals surface area (Å²) in [5.41, 5.74) is 1.80. The molecule has 0 radical (unpaired) electrons. The highest BCUT2D eigenvalue weighted by atomic mass is 16.5. The summed E-state index contributed by atoms with van der Waals surface area (Å²) in [5.74, 6) is -1.22. The van der Waals surface area contributed by atoms with Crippen molar-refractivity contribution >= 4 is 11.9 Å². The van der Waals surface area contributed by atoms with Crippen LogP contribution in [0, 0.1) is 0 Å². The van der Waals surface area contributed by atoms with Crippen molar-refractivity contribution in [3.8, 4) is 11.1 Å². The fourth-order valence-electron chi connectivity index (χ4n) is 2.49. The Hall–Kier alpha value is -2.66. The van der Waals surface area contributed by atoms with E-state index in [1.165, 1.54) is 6.07 Å². The van der Waals surface area contributed by atoms with Gasteiger partial charge in [-0.05, 0) is 36.1 Å². The normalized spacial score (nSPS) is 10.4. The molecule has 24 heavy (non-hydrogen) atoms. The van der Waals surface area contributed by atoms with Crippen molar-refractivity contribution in [3.63, 3.8) is 0 Å². The fraction of sp³-hybridized carbons (Fsp3) is 0.263. The van der Waals surface area contributed by atoms with Gasteiger partial charge in [0, 0.05) is 25.8 Å². The number of methoxy groups -OCH3 is 1. The number of ether oxygens (including phenoxy) is 1. The number of hydrogen-bond donors (Lipinski definition) is 2. The average Bonchev–Trinajstić information content (AvgIpc) is 2.61. The Morgan fingerprint density at radius 1 is 0.958 bits per heavy atom. The van der Waals surface area contributed by atoms with Crippen molar-refractivity contribution in [2.24, 2.45) is 0 Å². The monoisotopic (exact) mass is 327 g/mol. The summed E-state index contributed by atoms with van der Waals surface area (Å²) in [4.78, 5) is 23.9. The van der Waals surface area contributed by atoms with Crippen molar-refractivity contribution in [2.75, 3.05) is 20.3 Å². The fourth-order valence-corrected chi connectivity index (χ4v) is 2.49. The molecule has 0 fully saturated rings. The van der Waals surface area contributed by atoms with Crippen molar-refractivity contribution in [1.82, 2.24) is 5.32 Å². The van der Waals surface area contributed by atoms with Crippen LogP contribution in [0.15, 0.2) is 48.5 Å². The quantitative estimate of drug-likeness (QED) is 0.730. The Morgan fingerprint density at radius 2 is 1.54 bits per heavy atom. The zero-order chi connectivity index (χ0) is 17.4. The van der Waals surface area contributed by atoms with Crippen LogP contribution in [0.2, 0.25) is 0 Å². The number of carbonyl (C=O) groups is 2. The number of carbonyl (C=O) groups excluding carboxylic acids is 1. The standard InChI is InChI=1S/C19H21NO4/c1-24-13-7-6-12-20-18(21)16-10-4-2-8-14(16)15-9-3-5-11-17(15)19(22)23/h2-5,8-11H,6-7,12-13H2,1H3,(H,20,21)(H,22,23). The maximum atomic E-state index is 12.5. The van der Waals surface area contributed by atoms with Crippen molar-refractivity contribution in [1.29, 1.82) is 0 Å². The smallest absolute Gasteiger partial charge is 0.336 e. The molecule has 2 rings (SSSR count). The molecule has 0 atom stereocenters. The van der Waals surface area contributed by atoms with Gasteiger partial charge >= 0.3 is 5.97 Å². The van der Waals surface area contributed by atoms with Gasteiger partial charge in [-0.25, -0.2) is 4.79 Å². The first-order valence-electron chi connectivity index (χ1n) is 7.84. The third-order valence-electron chi connectivity index (χ3n) is 3.68. The van der Waals surface area contributed by atoms with Crippen LogP contribution in [0.3, 0.4) is 0 Å². The zero-order valence-corrected chi connectivity index (χ0v) is 13.6. The van der Waals surface area contributed by atoms with E-state index >= 15 is 0 Å². The van der Waals surface area contributed by atoms with Crippen LogP contribution in [-0.2, 0) is 4.74 Å². The molecule has 5 heteroatoms. The molecule has 5 nitrogen and oxygen atoms in total. The third kappa shape index (κ3) is 4.43. The molecule has 0 unspecified atom stereocenters. The van der Waals surface area contributed by atoms with E-state index in [1.807, 2.05) is 0 Å². The molecule has 2 aromatic rings. The van der Waals surface area contributed by atoms with Gasteiger partial charge in [-0.2, -0.15) is 0 Å². The molecule has 0 spiro atoms. The Labute approximate surface area is 141 Å². The summed E-state index contributed by atoms with van der Waals surface area (Å²) >= 11 is 0. The number of unbranched alkanes of at least 4 members (excludes halogenated alkanes) is 1. The minimum Gasteiger partial charge on any atom is -0.478 e. The first-order chi connectivity index (χ1) is 11.6. The van der Waals surface area contributed by atoms with Crippen LogP contribution in [0.4, 0.5) is 0 Å². The molecule has 1 amide bonds. The average molecular weight is 327 g/mol. The number of carboxylic acids is 1. The lowest BCUT2D eigenvalue weighted by atomic mass is 9.95. The first kappa shape index (κ1) is 17.7. The highest BCUT2D eigenvalue weighted by Crippen LogP contribution is 2.27. The molecule has 0 saturated heterocycles. The molecule has 2 N–H and O–H groups in total. The summed E-state index contributed by atoms with van der Waals surface area (Å²) < 4.78 is 4.98. The number of rotatable bonds is 8. The molecular weight excluding hydrogens is 306 g/mol. The summed E-state index contributed by atoms with van der Waals surface area (Å²) in [7, 11) is 1.65. The molecule has 126 valence electrons. The van der Waals surface area contributed by atoms with Gasteiger partial charge < -0.3 is 15.2 Å². The summed E-state index contributed by atoms with van der Waals surface area (Å²) in [6.45, 7) is 1.22. The molecule has 0 bridgehead atoms.